The van der Waals surface area contributed by atoms with Crippen LogP contribution in [0.1, 0.15) is 6.92 Å². The van der Waals surface area contributed by atoms with Crippen LogP contribution in [0.4, 0.5) is 10.1 Å². The van der Waals surface area contributed by atoms with E-state index in [-0.39, 0.29) is 29.0 Å². The minimum absolute atomic E-state index is 0.0186. The number of halogens is 2. The molecule has 1 fully saturated rings. The molecule has 2 atom stereocenters. The Morgan fingerprint density at radius 3 is 3.00 bits per heavy atom. The average molecular weight is 349 g/mol. The number of hydrogen-bond donors (Lipinski definition) is 1. The van der Waals surface area contributed by atoms with E-state index < -0.39 is 16.4 Å². The van der Waals surface area contributed by atoms with Crippen LogP contribution < -0.4 is 10.1 Å². The van der Waals surface area contributed by atoms with Crippen LogP contribution in [-0.2, 0) is 4.74 Å². The van der Waals surface area contributed by atoms with Crippen LogP contribution in [0.3, 0.4) is 0 Å². The van der Waals surface area contributed by atoms with Gasteiger partial charge in [0, 0.05) is 19.2 Å². The van der Waals surface area contributed by atoms with E-state index in [0.29, 0.717) is 6.54 Å². The Kier molecular flexibility index (Phi) is 4.90. The molecular formula is C12H14BrFN2O4. The summed E-state index contributed by atoms with van der Waals surface area (Å²) in [5.41, 5.74) is -0.400. The summed E-state index contributed by atoms with van der Waals surface area (Å²) in [6, 6.07) is 2.09. The fraction of sp³-hybridized carbons (Fsp3) is 0.500. The Morgan fingerprint density at radius 2 is 2.35 bits per heavy atom. The minimum atomic E-state index is -0.701. The molecule has 2 rings (SSSR count). The Balaban J connectivity index is 2.08. The molecule has 6 nitrogen and oxygen atoms in total. The number of hydrogen-bond acceptors (Lipinski definition) is 5. The van der Waals surface area contributed by atoms with Crippen molar-refractivity contribution in [1.82, 2.24) is 5.32 Å². The van der Waals surface area contributed by atoms with Crippen molar-refractivity contribution in [2.75, 3.05) is 19.7 Å². The average Bonchev–Trinajstić information content (AvgIpc) is 2.39. The molecule has 20 heavy (non-hydrogen) atoms. The van der Waals surface area contributed by atoms with E-state index >= 15 is 0 Å². The highest BCUT2D eigenvalue weighted by molar-refractivity contribution is 9.10. The van der Waals surface area contributed by atoms with E-state index in [4.69, 9.17) is 9.47 Å². The van der Waals surface area contributed by atoms with Crippen molar-refractivity contribution in [2.45, 2.75) is 19.1 Å². The molecule has 2 unspecified atom stereocenters. The summed E-state index contributed by atoms with van der Waals surface area (Å²) in [5.74, 6) is -0.682. The Labute approximate surface area is 123 Å². The molecular weight excluding hydrogens is 335 g/mol. The molecule has 8 heteroatoms. The van der Waals surface area contributed by atoms with E-state index in [1.165, 1.54) is 6.07 Å². The van der Waals surface area contributed by atoms with Crippen LogP contribution in [0.15, 0.2) is 16.6 Å². The smallest absolute Gasteiger partial charge is 0.313 e. The first-order chi connectivity index (χ1) is 9.47. The molecule has 0 aromatic heterocycles. The third kappa shape index (κ3) is 3.65. The lowest BCUT2D eigenvalue weighted by molar-refractivity contribution is -0.386. The van der Waals surface area contributed by atoms with Gasteiger partial charge in [0.25, 0.3) is 0 Å². The van der Waals surface area contributed by atoms with Crippen LogP contribution >= 0.6 is 15.9 Å². The van der Waals surface area contributed by atoms with Crippen molar-refractivity contribution >= 4 is 21.6 Å². The summed E-state index contributed by atoms with van der Waals surface area (Å²) in [6.45, 7) is 3.46. The maximum Gasteiger partial charge on any atom is 0.313 e. The molecule has 1 heterocycles. The molecule has 0 aliphatic carbocycles. The molecule has 1 aliphatic rings. The first-order valence-corrected chi connectivity index (χ1v) is 6.89. The van der Waals surface area contributed by atoms with E-state index in [9.17, 15) is 14.5 Å². The summed E-state index contributed by atoms with van der Waals surface area (Å²) < 4.78 is 24.5. The van der Waals surface area contributed by atoms with Crippen LogP contribution in [0.5, 0.6) is 5.75 Å². The van der Waals surface area contributed by atoms with Crippen molar-refractivity contribution in [1.29, 1.82) is 0 Å². The van der Waals surface area contributed by atoms with Gasteiger partial charge in [-0.15, -0.1) is 0 Å². The monoisotopic (exact) mass is 348 g/mol. The Morgan fingerprint density at radius 1 is 1.60 bits per heavy atom. The maximum atomic E-state index is 13.3. The summed E-state index contributed by atoms with van der Waals surface area (Å²) in [5, 5.41) is 14.1. The molecule has 1 saturated heterocycles. The van der Waals surface area contributed by atoms with Crippen LogP contribution in [0, 0.1) is 15.9 Å². The second-order valence-corrected chi connectivity index (χ2v) is 5.38. The predicted octanol–water partition coefficient (Wildman–Crippen LogP) is 2.25. The molecule has 110 valence electrons. The van der Waals surface area contributed by atoms with Crippen LogP contribution in [-0.4, -0.2) is 36.8 Å². The zero-order valence-corrected chi connectivity index (χ0v) is 12.4. The number of benzene rings is 1. The Hall–Kier alpha value is -1.25. The van der Waals surface area contributed by atoms with Gasteiger partial charge in [-0.3, -0.25) is 10.1 Å². The summed E-state index contributed by atoms with van der Waals surface area (Å²) in [6.07, 6.45) is -0.130. The molecule has 1 aliphatic heterocycles. The number of nitro groups is 1. The third-order valence-corrected chi connectivity index (χ3v) is 3.46. The summed E-state index contributed by atoms with van der Waals surface area (Å²) >= 11 is 2.98. The maximum absolute atomic E-state index is 13.3. The van der Waals surface area contributed by atoms with Gasteiger partial charge in [-0.2, -0.15) is 0 Å². The highest BCUT2D eigenvalue weighted by Crippen LogP contribution is 2.32. The van der Waals surface area contributed by atoms with Crippen molar-refractivity contribution in [3.05, 3.63) is 32.5 Å². The van der Waals surface area contributed by atoms with Crippen molar-refractivity contribution in [3.63, 3.8) is 0 Å². The number of nitrogens with one attached hydrogen (secondary N) is 1. The SMILES string of the molecule is CC1CNCC(COc2cc(Br)c(F)cc2[N+](=O)[O-])O1. The molecule has 0 radical (unpaired) electrons. The van der Waals surface area contributed by atoms with Crippen molar-refractivity contribution in [3.8, 4) is 5.75 Å². The first kappa shape index (κ1) is 15.1. The third-order valence-electron chi connectivity index (χ3n) is 2.85. The predicted molar refractivity (Wildman–Crippen MR) is 73.5 cm³/mol. The standard InChI is InChI=1S/C12H14BrFN2O4/c1-7-4-15-5-8(20-7)6-19-12-2-9(13)10(14)3-11(12)16(17)18/h2-3,7-8,15H,4-6H2,1H3. The zero-order chi connectivity index (χ0) is 14.7. The second-order valence-electron chi connectivity index (χ2n) is 4.53. The fourth-order valence-electron chi connectivity index (χ4n) is 1.93. The molecule has 0 amide bonds. The van der Waals surface area contributed by atoms with E-state index in [0.717, 1.165) is 12.6 Å². The van der Waals surface area contributed by atoms with Gasteiger partial charge in [0.2, 0.25) is 0 Å². The zero-order valence-electron chi connectivity index (χ0n) is 10.8. The Bertz CT molecular complexity index is 514. The lowest BCUT2D eigenvalue weighted by Gasteiger charge is -2.28. The molecule has 1 N–H and O–H groups in total. The van der Waals surface area contributed by atoms with E-state index in [2.05, 4.69) is 21.2 Å². The van der Waals surface area contributed by atoms with Crippen molar-refractivity contribution in [2.24, 2.45) is 0 Å². The molecule has 1 aromatic carbocycles. The van der Waals surface area contributed by atoms with Crippen LogP contribution in [0.25, 0.3) is 0 Å². The number of rotatable bonds is 4. The summed E-state index contributed by atoms with van der Waals surface area (Å²) in [7, 11) is 0. The first-order valence-electron chi connectivity index (χ1n) is 6.09. The van der Waals surface area contributed by atoms with Gasteiger partial charge in [-0.1, -0.05) is 0 Å². The van der Waals surface area contributed by atoms with Gasteiger partial charge in [-0.25, -0.2) is 4.39 Å². The van der Waals surface area contributed by atoms with E-state index in [1.54, 1.807) is 0 Å². The van der Waals surface area contributed by atoms with Gasteiger partial charge >= 0.3 is 5.69 Å². The highest BCUT2D eigenvalue weighted by Gasteiger charge is 2.23. The van der Waals surface area contributed by atoms with Gasteiger partial charge < -0.3 is 14.8 Å². The molecule has 0 saturated carbocycles. The van der Waals surface area contributed by atoms with Crippen LogP contribution in [0.2, 0.25) is 0 Å². The highest BCUT2D eigenvalue weighted by atomic mass is 79.9. The number of morpholine rings is 1. The lowest BCUT2D eigenvalue weighted by Crippen LogP contribution is -2.45. The van der Waals surface area contributed by atoms with E-state index in [1.807, 2.05) is 6.92 Å². The number of nitro benzene ring substituents is 1. The largest absolute Gasteiger partial charge is 0.484 e. The molecule has 0 spiro atoms. The summed E-state index contributed by atoms with van der Waals surface area (Å²) in [4.78, 5) is 10.2. The quantitative estimate of drug-likeness (QED) is 0.667. The number of ether oxygens (including phenoxy) is 2. The minimum Gasteiger partial charge on any atom is -0.484 e. The van der Waals surface area contributed by atoms with Gasteiger partial charge in [0.1, 0.15) is 18.5 Å². The van der Waals surface area contributed by atoms with Gasteiger partial charge in [0.05, 0.1) is 21.6 Å². The van der Waals surface area contributed by atoms with Crippen molar-refractivity contribution < 1.29 is 18.8 Å². The topological polar surface area (TPSA) is 73.6 Å². The lowest BCUT2D eigenvalue weighted by atomic mass is 10.2. The second kappa shape index (κ2) is 6.47. The molecule has 0 bridgehead atoms. The fourth-order valence-corrected chi connectivity index (χ4v) is 2.25. The van der Waals surface area contributed by atoms with Gasteiger partial charge in [0.15, 0.2) is 5.75 Å². The number of nitrogens with zero attached hydrogens (tertiary/aromatic N) is 1. The molecule has 1 aromatic rings. The van der Waals surface area contributed by atoms with Gasteiger partial charge in [-0.05, 0) is 22.9 Å². The normalized spacial score (nSPS) is 22.6.